The second-order valence-corrected chi connectivity index (χ2v) is 7.28. The molecule has 2 aliphatic heterocycles. The van der Waals surface area contributed by atoms with Crippen molar-refractivity contribution in [2.45, 2.75) is 13.0 Å². The maximum Gasteiger partial charge on any atom is 0.256 e. The number of hydrogen-bond donors (Lipinski definition) is 0. The average Bonchev–Trinajstić information content (AvgIpc) is 3.21. The Morgan fingerprint density at radius 1 is 1.07 bits per heavy atom. The van der Waals surface area contributed by atoms with Gasteiger partial charge in [0, 0.05) is 58.7 Å². The lowest BCUT2D eigenvalue weighted by molar-refractivity contribution is 0.0826. The van der Waals surface area contributed by atoms with Crippen LogP contribution in [-0.2, 0) is 0 Å². The summed E-state index contributed by atoms with van der Waals surface area (Å²) in [5.74, 6) is 2.22. The number of rotatable bonds is 4. The average molecular weight is 383 g/mol. The number of piperazine rings is 1. The number of fused-ring (bicyclic) bond motifs is 1. The van der Waals surface area contributed by atoms with Crippen LogP contribution in [0.5, 0.6) is 11.5 Å². The normalized spacial score (nSPS) is 17.5. The molecule has 0 spiro atoms. The van der Waals surface area contributed by atoms with Crippen molar-refractivity contribution in [2.24, 2.45) is 0 Å². The summed E-state index contributed by atoms with van der Waals surface area (Å²) in [6.45, 7) is 6.02. The molecule has 1 aromatic carbocycles. The van der Waals surface area contributed by atoms with Gasteiger partial charge in [0.05, 0.1) is 5.56 Å². The molecule has 1 unspecified atom stereocenters. The highest BCUT2D eigenvalue weighted by Gasteiger charge is 2.25. The Morgan fingerprint density at radius 3 is 2.43 bits per heavy atom. The highest BCUT2D eigenvalue weighted by atomic mass is 16.7. The third-order valence-corrected chi connectivity index (χ3v) is 5.32. The molecular formula is C20H25N5O3. The van der Waals surface area contributed by atoms with E-state index in [0.29, 0.717) is 18.3 Å². The van der Waals surface area contributed by atoms with Crippen molar-refractivity contribution in [3.05, 3.63) is 41.7 Å². The van der Waals surface area contributed by atoms with Crippen molar-refractivity contribution in [3.63, 3.8) is 0 Å². The molecule has 0 radical (unpaired) electrons. The van der Waals surface area contributed by atoms with Crippen LogP contribution in [-0.4, -0.2) is 72.7 Å². The van der Waals surface area contributed by atoms with E-state index in [1.165, 1.54) is 10.5 Å². The lowest BCUT2D eigenvalue weighted by Gasteiger charge is -2.38. The quantitative estimate of drug-likeness (QED) is 0.797. The molecule has 1 fully saturated rings. The molecular weight excluding hydrogens is 358 g/mol. The third-order valence-electron chi connectivity index (χ3n) is 5.32. The summed E-state index contributed by atoms with van der Waals surface area (Å²) in [7, 11) is 3.44. The van der Waals surface area contributed by atoms with Gasteiger partial charge in [-0.1, -0.05) is 6.07 Å². The van der Waals surface area contributed by atoms with E-state index >= 15 is 0 Å². The van der Waals surface area contributed by atoms with E-state index in [1.54, 1.807) is 26.5 Å². The van der Waals surface area contributed by atoms with Gasteiger partial charge < -0.3 is 19.3 Å². The predicted octanol–water partition coefficient (Wildman–Crippen LogP) is 1.79. The monoisotopic (exact) mass is 383 g/mol. The first-order valence-corrected chi connectivity index (χ1v) is 9.45. The predicted molar refractivity (Wildman–Crippen MR) is 105 cm³/mol. The van der Waals surface area contributed by atoms with Crippen molar-refractivity contribution < 1.29 is 14.3 Å². The van der Waals surface area contributed by atoms with E-state index in [-0.39, 0.29) is 11.9 Å². The first kappa shape index (κ1) is 18.5. The van der Waals surface area contributed by atoms with Crippen LogP contribution < -0.4 is 14.4 Å². The van der Waals surface area contributed by atoms with Crippen LogP contribution in [0.25, 0.3) is 0 Å². The van der Waals surface area contributed by atoms with Crippen LogP contribution in [0.2, 0.25) is 0 Å². The van der Waals surface area contributed by atoms with E-state index in [4.69, 9.17) is 9.47 Å². The summed E-state index contributed by atoms with van der Waals surface area (Å²) in [6.07, 6.45) is 3.21. The molecule has 1 amide bonds. The SMILES string of the molecule is CC(c1ccc2c(c1)OCO2)N1CCN(c2ncc(C(=O)N(C)C)cn2)CC1. The highest BCUT2D eigenvalue weighted by molar-refractivity contribution is 5.93. The molecule has 1 atom stereocenters. The fourth-order valence-corrected chi connectivity index (χ4v) is 3.55. The minimum atomic E-state index is -0.0890. The minimum Gasteiger partial charge on any atom is -0.454 e. The number of hydrogen-bond acceptors (Lipinski definition) is 7. The standard InChI is InChI=1S/C20H25N5O3/c1-14(15-4-5-17-18(10-15)28-13-27-17)24-6-8-25(9-7-24)20-21-11-16(12-22-20)19(26)23(2)3/h4-5,10-12,14H,6-9,13H2,1-3H3. The van der Waals surface area contributed by atoms with Gasteiger partial charge in [-0.25, -0.2) is 9.97 Å². The van der Waals surface area contributed by atoms with Crippen LogP contribution in [0.4, 0.5) is 5.95 Å². The Hall–Kier alpha value is -2.87. The molecule has 4 rings (SSSR count). The smallest absolute Gasteiger partial charge is 0.256 e. The van der Waals surface area contributed by atoms with Gasteiger partial charge in [-0.15, -0.1) is 0 Å². The number of ether oxygens (including phenoxy) is 2. The molecule has 148 valence electrons. The fourth-order valence-electron chi connectivity index (χ4n) is 3.55. The number of amides is 1. The van der Waals surface area contributed by atoms with Gasteiger partial charge in [0.15, 0.2) is 11.5 Å². The number of benzene rings is 1. The van der Waals surface area contributed by atoms with Gasteiger partial charge in [-0.05, 0) is 24.6 Å². The van der Waals surface area contributed by atoms with Crippen molar-refractivity contribution >= 4 is 11.9 Å². The van der Waals surface area contributed by atoms with Gasteiger partial charge in [0.25, 0.3) is 5.91 Å². The molecule has 1 saturated heterocycles. The van der Waals surface area contributed by atoms with E-state index in [1.807, 2.05) is 6.07 Å². The maximum atomic E-state index is 12.0. The van der Waals surface area contributed by atoms with Crippen LogP contribution in [0, 0.1) is 0 Å². The van der Waals surface area contributed by atoms with E-state index in [2.05, 4.69) is 38.8 Å². The Morgan fingerprint density at radius 2 is 1.75 bits per heavy atom. The molecule has 2 aromatic rings. The second kappa shape index (κ2) is 7.63. The van der Waals surface area contributed by atoms with Crippen LogP contribution in [0.15, 0.2) is 30.6 Å². The Kier molecular flexibility index (Phi) is 5.04. The molecule has 0 saturated carbocycles. The molecule has 0 N–H and O–H groups in total. The zero-order valence-corrected chi connectivity index (χ0v) is 16.5. The van der Waals surface area contributed by atoms with Crippen LogP contribution >= 0.6 is 0 Å². The second-order valence-electron chi connectivity index (χ2n) is 7.28. The maximum absolute atomic E-state index is 12.0. The van der Waals surface area contributed by atoms with Gasteiger partial charge >= 0.3 is 0 Å². The topological polar surface area (TPSA) is 71.0 Å². The Labute approximate surface area is 164 Å². The third kappa shape index (κ3) is 3.60. The largest absolute Gasteiger partial charge is 0.454 e. The minimum absolute atomic E-state index is 0.0890. The zero-order chi connectivity index (χ0) is 19.7. The molecule has 2 aliphatic rings. The molecule has 0 bridgehead atoms. The van der Waals surface area contributed by atoms with Gasteiger partial charge in [-0.3, -0.25) is 9.69 Å². The number of carbonyl (C=O) groups is 1. The first-order valence-electron chi connectivity index (χ1n) is 9.45. The van der Waals surface area contributed by atoms with Crippen molar-refractivity contribution in [3.8, 4) is 11.5 Å². The number of carbonyl (C=O) groups excluding carboxylic acids is 1. The molecule has 1 aromatic heterocycles. The van der Waals surface area contributed by atoms with Gasteiger partial charge in [-0.2, -0.15) is 0 Å². The van der Waals surface area contributed by atoms with Crippen molar-refractivity contribution in [1.29, 1.82) is 0 Å². The van der Waals surface area contributed by atoms with Crippen LogP contribution in [0.1, 0.15) is 28.9 Å². The lowest BCUT2D eigenvalue weighted by Crippen LogP contribution is -2.47. The van der Waals surface area contributed by atoms with E-state index in [0.717, 1.165) is 37.7 Å². The molecule has 8 nitrogen and oxygen atoms in total. The fraction of sp³-hybridized carbons (Fsp3) is 0.450. The summed E-state index contributed by atoms with van der Waals surface area (Å²) in [4.78, 5) is 26.9. The summed E-state index contributed by atoms with van der Waals surface area (Å²) in [5, 5.41) is 0. The van der Waals surface area contributed by atoms with E-state index < -0.39 is 0 Å². The summed E-state index contributed by atoms with van der Waals surface area (Å²) >= 11 is 0. The number of nitrogens with zero attached hydrogens (tertiary/aromatic N) is 5. The van der Waals surface area contributed by atoms with Gasteiger partial charge in [0.1, 0.15) is 0 Å². The first-order chi connectivity index (χ1) is 13.5. The number of aromatic nitrogens is 2. The van der Waals surface area contributed by atoms with Gasteiger partial charge in [0.2, 0.25) is 12.7 Å². The summed E-state index contributed by atoms with van der Waals surface area (Å²) < 4.78 is 10.9. The molecule has 8 heteroatoms. The zero-order valence-electron chi connectivity index (χ0n) is 16.5. The Bertz CT molecular complexity index is 847. The molecule has 28 heavy (non-hydrogen) atoms. The lowest BCUT2D eigenvalue weighted by atomic mass is 10.1. The van der Waals surface area contributed by atoms with Crippen molar-refractivity contribution in [1.82, 2.24) is 19.8 Å². The number of anilines is 1. The highest BCUT2D eigenvalue weighted by Crippen LogP contribution is 2.35. The molecule has 3 heterocycles. The van der Waals surface area contributed by atoms with Crippen molar-refractivity contribution in [2.75, 3.05) is 52.0 Å². The Balaban J connectivity index is 1.37. The van der Waals surface area contributed by atoms with Crippen LogP contribution in [0.3, 0.4) is 0 Å². The van der Waals surface area contributed by atoms with E-state index in [9.17, 15) is 4.79 Å². The summed E-state index contributed by atoms with van der Waals surface area (Å²) in [5.41, 5.74) is 1.73. The molecule has 0 aliphatic carbocycles. The summed E-state index contributed by atoms with van der Waals surface area (Å²) in [6, 6.07) is 6.45.